The van der Waals surface area contributed by atoms with Crippen LogP contribution in [-0.4, -0.2) is 11.0 Å². The molecule has 2 aromatic carbocycles. The molecule has 1 aliphatic rings. The maximum absolute atomic E-state index is 10.7. The summed E-state index contributed by atoms with van der Waals surface area (Å²) in [5.74, 6) is 1.73. The first-order valence-electron chi connectivity index (χ1n) is 6.38. The fourth-order valence-corrected chi connectivity index (χ4v) is 2.25. The smallest absolute Gasteiger partial charge is 0.153 e. The van der Waals surface area contributed by atoms with Gasteiger partial charge in [0.05, 0.1) is 11.3 Å². The number of aliphatic hydroxyl groups is 1. The van der Waals surface area contributed by atoms with Crippen molar-refractivity contribution in [2.45, 2.75) is 6.42 Å². The highest BCUT2D eigenvalue weighted by Crippen LogP contribution is 2.24. The number of rotatable bonds is 2. The van der Waals surface area contributed by atoms with E-state index in [0.29, 0.717) is 12.1 Å². The highest BCUT2D eigenvalue weighted by atomic mass is 16.3. The van der Waals surface area contributed by atoms with Crippen LogP contribution in [-0.2, 0) is 4.79 Å². The van der Waals surface area contributed by atoms with Gasteiger partial charge in [0, 0.05) is 12.1 Å². The van der Waals surface area contributed by atoms with E-state index in [1.165, 1.54) is 0 Å². The summed E-state index contributed by atoms with van der Waals surface area (Å²) in [7, 11) is 0. The van der Waals surface area contributed by atoms with Gasteiger partial charge in [-0.15, -0.1) is 0 Å². The molecule has 0 unspecified atom stereocenters. The number of anilines is 1. The lowest BCUT2D eigenvalue weighted by Gasteiger charge is -2.14. The maximum Gasteiger partial charge on any atom is 0.153 e. The Bertz CT molecular complexity index is 780. The van der Waals surface area contributed by atoms with Crippen molar-refractivity contribution in [3.8, 4) is 0 Å². The van der Waals surface area contributed by atoms with E-state index in [2.05, 4.69) is 5.32 Å². The van der Waals surface area contributed by atoms with Crippen LogP contribution in [0.25, 0.3) is 10.8 Å². The van der Waals surface area contributed by atoms with Crippen LogP contribution in [0, 0.1) is 0 Å². The van der Waals surface area contributed by atoms with Gasteiger partial charge >= 0.3 is 0 Å². The van der Waals surface area contributed by atoms with E-state index in [4.69, 9.17) is 0 Å². The minimum absolute atomic E-state index is 0.0318. The molecule has 0 aromatic heterocycles. The van der Waals surface area contributed by atoms with Crippen molar-refractivity contribution in [3.05, 3.63) is 71.6 Å². The number of benzene rings is 2. The third-order valence-electron chi connectivity index (χ3n) is 3.30. The monoisotopic (exact) mass is 263 g/mol. The van der Waals surface area contributed by atoms with Crippen molar-refractivity contribution in [2.75, 3.05) is 5.32 Å². The summed E-state index contributed by atoms with van der Waals surface area (Å²) < 4.78 is 0. The molecular formula is C17H13NO2. The molecule has 98 valence electrons. The summed E-state index contributed by atoms with van der Waals surface area (Å²) in [6.07, 6.45) is 4.01. The van der Waals surface area contributed by atoms with Gasteiger partial charge in [0.25, 0.3) is 0 Å². The van der Waals surface area contributed by atoms with Crippen molar-refractivity contribution >= 4 is 22.4 Å². The molecule has 0 bridgehead atoms. The van der Waals surface area contributed by atoms with Gasteiger partial charge in [-0.2, -0.15) is 0 Å². The van der Waals surface area contributed by atoms with Crippen LogP contribution in [0.15, 0.2) is 71.6 Å². The molecule has 3 heteroatoms. The molecule has 1 aliphatic carbocycles. The topological polar surface area (TPSA) is 49.3 Å². The molecule has 2 N–H and O–H groups in total. The average molecular weight is 263 g/mol. The predicted octanol–water partition coefficient (Wildman–Crippen LogP) is 3.74. The molecule has 20 heavy (non-hydrogen) atoms. The van der Waals surface area contributed by atoms with Gasteiger partial charge in [0.1, 0.15) is 5.94 Å². The van der Waals surface area contributed by atoms with Gasteiger partial charge in [0.15, 0.2) is 5.76 Å². The van der Waals surface area contributed by atoms with Crippen molar-refractivity contribution in [1.29, 1.82) is 0 Å². The zero-order valence-corrected chi connectivity index (χ0v) is 10.8. The summed E-state index contributed by atoms with van der Waals surface area (Å²) in [5, 5.41) is 15.4. The Labute approximate surface area is 116 Å². The summed E-state index contributed by atoms with van der Waals surface area (Å²) in [6.45, 7) is 0. The molecule has 0 spiro atoms. The second-order valence-corrected chi connectivity index (χ2v) is 4.64. The lowest BCUT2D eigenvalue weighted by molar-refractivity contribution is 0.415. The van der Waals surface area contributed by atoms with Gasteiger partial charge in [-0.3, -0.25) is 0 Å². The highest BCUT2D eigenvalue weighted by Gasteiger charge is 2.13. The molecule has 0 aliphatic heterocycles. The first-order valence-corrected chi connectivity index (χ1v) is 6.38. The summed E-state index contributed by atoms with van der Waals surface area (Å²) in [6, 6.07) is 14.0. The van der Waals surface area contributed by atoms with Gasteiger partial charge in [0.2, 0.25) is 0 Å². The molecule has 3 rings (SSSR count). The molecule has 0 amide bonds. The third kappa shape index (κ3) is 2.22. The van der Waals surface area contributed by atoms with E-state index < -0.39 is 0 Å². The molecule has 0 fully saturated rings. The molecular weight excluding hydrogens is 250 g/mol. The van der Waals surface area contributed by atoms with Gasteiger partial charge in [-0.1, -0.05) is 36.4 Å². The van der Waals surface area contributed by atoms with Gasteiger partial charge in [-0.05, 0) is 29.0 Å². The first-order chi connectivity index (χ1) is 9.78. The van der Waals surface area contributed by atoms with Crippen molar-refractivity contribution in [2.24, 2.45) is 0 Å². The number of carbonyl (C=O) groups excluding carboxylic acids is 1. The van der Waals surface area contributed by atoms with Crippen LogP contribution >= 0.6 is 0 Å². The number of allylic oxidation sites excluding steroid dienone is 3. The SMILES string of the molecule is O=C=C1CC=CC(Nc2ccc3ccccc3c2)=C1O. The second kappa shape index (κ2) is 5.08. The molecule has 0 heterocycles. The largest absolute Gasteiger partial charge is 0.505 e. The Balaban J connectivity index is 1.97. The minimum Gasteiger partial charge on any atom is -0.505 e. The molecule has 3 nitrogen and oxygen atoms in total. The van der Waals surface area contributed by atoms with Crippen LogP contribution in [0.5, 0.6) is 0 Å². The Kier molecular flexibility index (Phi) is 3.12. The highest BCUT2D eigenvalue weighted by molar-refractivity contribution is 5.86. The Morgan fingerprint density at radius 1 is 1.10 bits per heavy atom. The fraction of sp³-hybridized carbons (Fsp3) is 0.0588. The minimum atomic E-state index is -0.0318. The number of aliphatic hydroxyl groups excluding tert-OH is 1. The van der Waals surface area contributed by atoms with Crippen molar-refractivity contribution in [3.63, 3.8) is 0 Å². The van der Waals surface area contributed by atoms with Crippen molar-refractivity contribution in [1.82, 2.24) is 0 Å². The lowest BCUT2D eigenvalue weighted by atomic mass is 10.0. The van der Waals surface area contributed by atoms with Crippen LogP contribution in [0.1, 0.15) is 6.42 Å². The molecule has 0 radical (unpaired) electrons. The average Bonchev–Trinajstić information content (AvgIpc) is 2.49. The summed E-state index contributed by atoms with van der Waals surface area (Å²) in [4.78, 5) is 10.7. The number of nitrogens with one attached hydrogen (secondary N) is 1. The van der Waals surface area contributed by atoms with Crippen LogP contribution < -0.4 is 5.32 Å². The quantitative estimate of drug-likeness (QED) is 0.811. The van der Waals surface area contributed by atoms with E-state index in [1.54, 1.807) is 12.0 Å². The van der Waals surface area contributed by atoms with Crippen LogP contribution in [0.3, 0.4) is 0 Å². The molecule has 0 atom stereocenters. The summed E-state index contributed by atoms with van der Waals surface area (Å²) in [5.41, 5.74) is 1.66. The van der Waals surface area contributed by atoms with Gasteiger partial charge < -0.3 is 10.4 Å². The predicted molar refractivity (Wildman–Crippen MR) is 80.2 cm³/mol. The zero-order valence-electron chi connectivity index (χ0n) is 10.8. The normalized spacial score (nSPS) is 14.5. The number of hydrogen-bond donors (Lipinski definition) is 2. The van der Waals surface area contributed by atoms with Crippen molar-refractivity contribution < 1.29 is 9.90 Å². The maximum atomic E-state index is 10.7. The van der Waals surface area contributed by atoms with Crippen LogP contribution in [0.4, 0.5) is 5.69 Å². The zero-order chi connectivity index (χ0) is 13.9. The first kappa shape index (κ1) is 12.3. The number of fused-ring (bicyclic) bond motifs is 1. The van der Waals surface area contributed by atoms with Crippen LogP contribution in [0.2, 0.25) is 0 Å². The molecule has 0 saturated carbocycles. The molecule has 2 aromatic rings. The Morgan fingerprint density at radius 2 is 1.90 bits per heavy atom. The van der Waals surface area contributed by atoms with E-state index in [1.807, 2.05) is 48.5 Å². The molecule has 0 saturated heterocycles. The van der Waals surface area contributed by atoms with E-state index in [9.17, 15) is 9.90 Å². The second-order valence-electron chi connectivity index (χ2n) is 4.64. The van der Waals surface area contributed by atoms with Gasteiger partial charge in [-0.25, -0.2) is 4.79 Å². The van der Waals surface area contributed by atoms with E-state index in [-0.39, 0.29) is 11.3 Å². The standard InChI is InChI=1S/C17H13NO2/c19-11-14-6-3-7-16(17(14)20)18-15-9-8-12-4-1-2-5-13(12)10-15/h1-5,7-10,18,20H,6H2. The summed E-state index contributed by atoms with van der Waals surface area (Å²) >= 11 is 0. The Morgan fingerprint density at radius 3 is 2.70 bits per heavy atom. The fourth-order valence-electron chi connectivity index (χ4n) is 2.25. The lowest BCUT2D eigenvalue weighted by Crippen LogP contribution is -2.06. The number of hydrogen-bond acceptors (Lipinski definition) is 3. The van der Waals surface area contributed by atoms with E-state index in [0.717, 1.165) is 16.5 Å². The van der Waals surface area contributed by atoms with E-state index >= 15 is 0 Å². The third-order valence-corrected chi connectivity index (χ3v) is 3.30. The Hall–Kier alpha value is -2.77.